The van der Waals surface area contributed by atoms with Crippen LogP contribution in [0.2, 0.25) is 0 Å². The third kappa shape index (κ3) is 4.70. The molecule has 1 aromatic carbocycles. The maximum Gasteiger partial charge on any atom is 0.224 e. The predicted molar refractivity (Wildman–Crippen MR) is 97.3 cm³/mol. The van der Waals surface area contributed by atoms with Crippen molar-refractivity contribution >= 4 is 17.4 Å². The first-order valence-electron chi connectivity index (χ1n) is 8.11. The molecule has 6 heteroatoms. The first kappa shape index (κ1) is 18.3. The lowest BCUT2D eigenvalue weighted by Crippen LogP contribution is -2.13. The van der Waals surface area contributed by atoms with Crippen molar-refractivity contribution in [3.05, 3.63) is 42.0 Å². The topological polar surface area (TPSA) is 101 Å². The number of nitrogens with one attached hydrogen (secondary N) is 1. The molecule has 1 amide bonds. The number of nitrogen functional groups attached to an aromatic ring is 1. The summed E-state index contributed by atoms with van der Waals surface area (Å²) in [5.74, 6) is 1.02. The van der Waals surface area contributed by atoms with Gasteiger partial charge in [0, 0.05) is 12.5 Å². The van der Waals surface area contributed by atoms with Gasteiger partial charge in [-0.25, -0.2) is 0 Å². The summed E-state index contributed by atoms with van der Waals surface area (Å²) in [6.07, 6.45) is 1.20. The molecule has 0 unspecified atom stereocenters. The Morgan fingerprint density at radius 1 is 1.28 bits per heavy atom. The molecule has 1 aromatic heterocycles. The third-order valence-electron chi connectivity index (χ3n) is 3.73. The predicted octanol–water partition coefficient (Wildman–Crippen LogP) is 4.00. The number of rotatable bonds is 6. The number of nitrogens with two attached hydrogens (primary N) is 1. The molecule has 0 atom stereocenters. The normalized spacial score (nSPS) is 10.8. The molecule has 130 valence electrons. The van der Waals surface area contributed by atoms with E-state index in [9.17, 15) is 4.79 Å². The maximum atomic E-state index is 11.6. The van der Waals surface area contributed by atoms with E-state index in [1.54, 1.807) is 24.3 Å². The molecule has 0 aliphatic rings. The molecule has 0 saturated heterocycles. The van der Waals surface area contributed by atoms with E-state index >= 15 is 0 Å². The summed E-state index contributed by atoms with van der Waals surface area (Å²) in [6.45, 7) is 5.65. The van der Waals surface area contributed by atoms with Gasteiger partial charge < -0.3 is 15.8 Å². The van der Waals surface area contributed by atoms with Gasteiger partial charge in [-0.3, -0.25) is 4.79 Å². The average Bonchev–Trinajstić information content (AvgIpc) is 2.58. The van der Waals surface area contributed by atoms with Crippen LogP contribution in [-0.4, -0.2) is 10.9 Å². The number of ether oxygens (including phenoxy) is 1. The minimum Gasteiger partial charge on any atom is -0.439 e. The first-order chi connectivity index (χ1) is 11.9. The number of pyridine rings is 1. The van der Waals surface area contributed by atoms with Crippen LogP contribution in [0.5, 0.6) is 11.6 Å². The summed E-state index contributed by atoms with van der Waals surface area (Å²) in [7, 11) is 0. The fourth-order valence-electron chi connectivity index (χ4n) is 2.18. The standard InChI is InChI=1S/C19H22N4O2/c1-4-5-16(24)22-15-10-11-17(23-18(15)21)25-14-8-6-13(7-9-14)19(2,3)12-20/h6-11H,4-5H2,1-3H3,(H2,21,23)(H,22,24). The van der Waals surface area contributed by atoms with E-state index in [1.807, 2.05) is 32.9 Å². The number of benzene rings is 1. The summed E-state index contributed by atoms with van der Waals surface area (Å²) >= 11 is 0. The highest BCUT2D eigenvalue weighted by molar-refractivity contribution is 5.93. The molecule has 0 fully saturated rings. The molecule has 25 heavy (non-hydrogen) atoms. The summed E-state index contributed by atoms with van der Waals surface area (Å²) in [4.78, 5) is 15.8. The highest BCUT2D eigenvalue weighted by Crippen LogP contribution is 2.28. The molecule has 3 N–H and O–H groups in total. The molecule has 0 spiro atoms. The number of amides is 1. The molecule has 6 nitrogen and oxygen atoms in total. The van der Waals surface area contributed by atoms with E-state index in [0.29, 0.717) is 23.7 Å². The van der Waals surface area contributed by atoms with Crippen LogP contribution in [-0.2, 0) is 10.2 Å². The lowest BCUT2D eigenvalue weighted by Gasteiger charge is -2.16. The van der Waals surface area contributed by atoms with E-state index in [-0.39, 0.29) is 11.7 Å². The van der Waals surface area contributed by atoms with Crippen molar-refractivity contribution in [1.82, 2.24) is 4.98 Å². The summed E-state index contributed by atoms with van der Waals surface area (Å²) in [6, 6.07) is 12.8. The first-order valence-corrected chi connectivity index (χ1v) is 8.11. The van der Waals surface area contributed by atoms with Crippen LogP contribution < -0.4 is 15.8 Å². The smallest absolute Gasteiger partial charge is 0.224 e. The Bertz CT molecular complexity index is 792. The lowest BCUT2D eigenvalue weighted by molar-refractivity contribution is -0.116. The summed E-state index contributed by atoms with van der Waals surface area (Å²) < 4.78 is 5.68. The average molecular weight is 338 g/mol. The second kappa shape index (κ2) is 7.67. The van der Waals surface area contributed by atoms with Gasteiger partial charge in [0.25, 0.3) is 0 Å². The maximum absolute atomic E-state index is 11.6. The summed E-state index contributed by atoms with van der Waals surface area (Å²) in [5, 5.41) is 11.9. The van der Waals surface area contributed by atoms with Crippen molar-refractivity contribution in [3.8, 4) is 17.7 Å². The zero-order valence-corrected chi connectivity index (χ0v) is 14.7. The number of aromatic nitrogens is 1. The fraction of sp³-hybridized carbons (Fsp3) is 0.316. The van der Waals surface area contributed by atoms with E-state index < -0.39 is 5.41 Å². The Labute approximate surface area is 147 Å². The fourth-order valence-corrected chi connectivity index (χ4v) is 2.18. The minimum absolute atomic E-state index is 0.0969. The molecule has 0 saturated carbocycles. The van der Waals surface area contributed by atoms with Crippen LogP contribution in [0.15, 0.2) is 36.4 Å². The molecule has 0 aliphatic heterocycles. The van der Waals surface area contributed by atoms with Gasteiger partial charge >= 0.3 is 0 Å². The molecular formula is C19H22N4O2. The van der Waals surface area contributed by atoms with Gasteiger partial charge in [-0.05, 0) is 44.0 Å². The van der Waals surface area contributed by atoms with Gasteiger partial charge in [0.15, 0.2) is 5.82 Å². The number of nitriles is 1. The Kier molecular flexibility index (Phi) is 5.60. The molecular weight excluding hydrogens is 316 g/mol. The Hall–Kier alpha value is -3.07. The Morgan fingerprint density at radius 2 is 1.96 bits per heavy atom. The molecule has 2 rings (SSSR count). The quantitative estimate of drug-likeness (QED) is 0.829. The molecule has 0 bridgehead atoms. The highest BCUT2D eigenvalue weighted by atomic mass is 16.5. The van der Waals surface area contributed by atoms with E-state index in [0.717, 1.165) is 12.0 Å². The van der Waals surface area contributed by atoms with Crippen molar-refractivity contribution in [2.75, 3.05) is 11.1 Å². The van der Waals surface area contributed by atoms with Gasteiger partial charge in [0.2, 0.25) is 11.8 Å². The van der Waals surface area contributed by atoms with Crippen molar-refractivity contribution in [1.29, 1.82) is 5.26 Å². The van der Waals surface area contributed by atoms with Crippen molar-refractivity contribution in [3.63, 3.8) is 0 Å². The van der Waals surface area contributed by atoms with Gasteiger partial charge in [-0.1, -0.05) is 19.1 Å². The Morgan fingerprint density at radius 3 is 2.52 bits per heavy atom. The van der Waals surface area contributed by atoms with Crippen molar-refractivity contribution in [2.24, 2.45) is 0 Å². The van der Waals surface area contributed by atoms with Crippen LogP contribution in [0.4, 0.5) is 11.5 Å². The number of nitrogens with zero attached hydrogens (tertiary/aromatic N) is 2. The third-order valence-corrected chi connectivity index (χ3v) is 3.73. The van der Waals surface area contributed by atoms with Gasteiger partial charge in [0.1, 0.15) is 5.75 Å². The molecule has 1 heterocycles. The monoisotopic (exact) mass is 338 g/mol. The number of carbonyl (C=O) groups excluding carboxylic acids is 1. The van der Waals surface area contributed by atoms with Crippen molar-refractivity contribution < 1.29 is 9.53 Å². The summed E-state index contributed by atoms with van der Waals surface area (Å²) in [5.41, 5.74) is 6.70. The van der Waals surface area contributed by atoms with Crippen LogP contribution >= 0.6 is 0 Å². The molecule has 0 aliphatic carbocycles. The van der Waals surface area contributed by atoms with Crippen LogP contribution in [0, 0.1) is 11.3 Å². The Balaban J connectivity index is 2.09. The van der Waals surface area contributed by atoms with E-state index in [2.05, 4.69) is 16.4 Å². The van der Waals surface area contributed by atoms with Crippen LogP contribution in [0.1, 0.15) is 39.2 Å². The second-order valence-electron chi connectivity index (χ2n) is 6.24. The van der Waals surface area contributed by atoms with E-state index in [4.69, 9.17) is 15.7 Å². The highest BCUT2D eigenvalue weighted by Gasteiger charge is 2.19. The van der Waals surface area contributed by atoms with Gasteiger partial charge in [-0.2, -0.15) is 10.2 Å². The van der Waals surface area contributed by atoms with Crippen LogP contribution in [0.3, 0.4) is 0 Å². The second-order valence-corrected chi connectivity index (χ2v) is 6.24. The van der Waals surface area contributed by atoms with Gasteiger partial charge in [-0.15, -0.1) is 0 Å². The largest absolute Gasteiger partial charge is 0.439 e. The number of carbonyl (C=O) groups is 1. The van der Waals surface area contributed by atoms with Crippen molar-refractivity contribution in [2.45, 2.75) is 39.0 Å². The SMILES string of the molecule is CCCC(=O)Nc1ccc(Oc2ccc(C(C)(C)C#N)cc2)nc1N. The molecule has 2 aromatic rings. The van der Waals surface area contributed by atoms with Gasteiger partial charge in [0.05, 0.1) is 17.2 Å². The van der Waals surface area contributed by atoms with Crippen LogP contribution in [0.25, 0.3) is 0 Å². The zero-order valence-electron chi connectivity index (χ0n) is 14.7. The van der Waals surface area contributed by atoms with E-state index in [1.165, 1.54) is 0 Å². The molecule has 0 radical (unpaired) electrons. The number of hydrogen-bond donors (Lipinski definition) is 2. The minimum atomic E-state index is -0.556. The zero-order chi connectivity index (χ0) is 18.4. The number of anilines is 2. The lowest BCUT2D eigenvalue weighted by atomic mass is 9.86. The number of hydrogen-bond acceptors (Lipinski definition) is 5.